The van der Waals surface area contributed by atoms with Gasteiger partial charge in [-0.1, -0.05) is 43.3 Å². The van der Waals surface area contributed by atoms with E-state index in [1.807, 2.05) is 36.5 Å². The number of aromatic nitrogens is 1. The first-order chi connectivity index (χ1) is 10.4. The molecular formula is C19H18N2. The zero-order valence-corrected chi connectivity index (χ0v) is 12.1. The van der Waals surface area contributed by atoms with Gasteiger partial charge < -0.3 is 4.57 Å². The molecule has 0 bridgehead atoms. The van der Waals surface area contributed by atoms with E-state index in [4.69, 9.17) is 0 Å². The lowest BCUT2D eigenvalue weighted by Crippen LogP contribution is -1.97. The molecule has 0 aliphatic rings. The van der Waals surface area contributed by atoms with Crippen molar-refractivity contribution in [3.05, 3.63) is 84.2 Å². The van der Waals surface area contributed by atoms with Gasteiger partial charge in [0.1, 0.15) is 0 Å². The molecule has 21 heavy (non-hydrogen) atoms. The second kappa shape index (κ2) is 6.23. The molecule has 0 aliphatic heterocycles. The minimum atomic E-state index is 0.993. The summed E-state index contributed by atoms with van der Waals surface area (Å²) in [7, 11) is 0. The first-order valence-corrected chi connectivity index (χ1v) is 7.23. The van der Waals surface area contributed by atoms with Crippen LogP contribution in [-0.4, -0.2) is 10.8 Å². The van der Waals surface area contributed by atoms with Gasteiger partial charge in [0.2, 0.25) is 0 Å². The summed E-state index contributed by atoms with van der Waals surface area (Å²) in [6, 6.07) is 22.7. The Morgan fingerprint density at radius 3 is 2.48 bits per heavy atom. The number of rotatable bonds is 4. The van der Waals surface area contributed by atoms with Gasteiger partial charge in [-0.2, -0.15) is 0 Å². The maximum atomic E-state index is 4.66. The minimum absolute atomic E-state index is 0.993. The van der Waals surface area contributed by atoms with Gasteiger partial charge in [0.25, 0.3) is 0 Å². The van der Waals surface area contributed by atoms with Crippen LogP contribution in [-0.2, 0) is 6.42 Å². The van der Waals surface area contributed by atoms with Crippen LogP contribution in [0.25, 0.3) is 5.69 Å². The highest BCUT2D eigenvalue weighted by Gasteiger charge is 2.01. The molecule has 0 unspecified atom stereocenters. The quantitative estimate of drug-likeness (QED) is 0.609. The van der Waals surface area contributed by atoms with Crippen molar-refractivity contribution in [2.45, 2.75) is 13.3 Å². The lowest BCUT2D eigenvalue weighted by Gasteiger charge is -2.06. The largest absolute Gasteiger partial charge is 0.316 e. The third kappa shape index (κ3) is 2.95. The van der Waals surface area contributed by atoms with E-state index in [1.54, 1.807) is 0 Å². The lowest BCUT2D eigenvalue weighted by atomic mass is 10.1. The summed E-state index contributed by atoms with van der Waals surface area (Å²) in [6.45, 7) is 2.15. The van der Waals surface area contributed by atoms with Crippen molar-refractivity contribution >= 4 is 11.9 Å². The van der Waals surface area contributed by atoms with Crippen molar-refractivity contribution in [3.8, 4) is 5.69 Å². The summed E-state index contributed by atoms with van der Waals surface area (Å²) in [5.41, 5.74) is 4.53. The van der Waals surface area contributed by atoms with Crippen LogP contribution in [0.15, 0.2) is 77.9 Å². The Balaban J connectivity index is 1.93. The number of aryl methyl sites for hydroxylation is 1. The molecule has 0 saturated carbocycles. The summed E-state index contributed by atoms with van der Waals surface area (Å²) in [5, 5.41) is 0. The van der Waals surface area contributed by atoms with E-state index in [0.717, 1.165) is 23.5 Å². The molecule has 2 aromatic carbocycles. The third-order valence-corrected chi connectivity index (χ3v) is 3.52. The first kappa shape index (κ1) is 13.4. The maximum Gasteiger partial charge on any atom is 0.0662 e. The molecule has 1 aromatic heterocycles. The number of hydrogen-bond acceptors (Lipinski definition) is 1. The molecule has 0 N–H and O–H groups in total. The van der Waals surface area contributed by atoms with Crippen molar-refractivity contribution < 1.29 is 0 Å². The van der Waals surface area contributed by atoms with E-state index in [2.05, 4.69) is 59.1 Å². The molecule has 1 heterocycles. The minimum Gasteiger partial charge on any atom is -0.316 e. The maximum absolute atomic E-state index is 4.66. The Bertz CT molecular complexity index is 739. The molecule has 3 rings (SSSR count). The normalized spacial score (nSPS) is 11.1. The van der Waals surface area contributed by atoms with Gasteiger partial charge in [-0.05, 0) is 42.3 Å². The first-order valence-electron chi connectivity index (χ1n) is 7.23. The fraction of sp³-hybridized carbons (Fsp3) is 0.105. The van der Waals surface area contributed by atoms with E-state index in [1.165, 1.54) is 5.56 Å². The van der Waals surface area contributed by atoms with Gasteiger partial charge in [-0.25, -0.2) is 0 Å². The second-order valence-corrected chi connectivity index (χ2v) is 4.88. The molecule has 104 valence electrons. The van der Waals surface area contributed by atoms with Gasteiger partial charge in [0, 0.05) is 11.9 Å². The summed E-state index contributed by atoms with van der Waals surface area (Å²) < 4.78 is 2.14. The van der Waals surface area contributed by atoms with Crippen LogP contribution in [0.1, 0.15) is 18.2 Å². The van der Waals surface area contributed by atoms with Crippen molar-refractivity contribution in [1.82, 2.24) is 4.57 Å². The van der Waals surface area contributed by atoms with Crippen LogP contribution < -0.4 is 0 Å². The average molecular weight is 274 g/mol. The molecule has 0 atom stereocenters. The zero-order chi connectivity index (χ0) is 14.5. The molecule has 0 amide bonds. The van der Waals surface area contributed by atoms with Gasteiger partial charge in [-0.15, -0.1) is 0 Å². The summed E-state index contributed by atoms with van der Waals surface area (Å²) >= 11 is 0. The van der Waals surface area contributed by atoms with Gasteiger partial charge in [0.05, 0.1) is 17.6 Å². The van der Waals surface area contributed by atoms with E-state index < -0.39 is 0 Å². The molecule has 0 aliphatic carbocycles. The smallest absolute Gasteiger partial charge is 0.0662 e. The van der Waals surface area contributed by atoms with E-state index in [-0.39, 0.29) is 0 Å². The molecule has 0 fully saturated rings. The number of nitrogens with zero attached hydrogens (tertiary/aromatic N) is 2. The average Bonchev–Trinajstić information content (AvgIpc) is 3.02. The standard InChI is InChI=1S/C19H18N2/c1-2-16-9-6-7-13-19(16)20-15-18-12-8-14-21(18)17-10-4-3-5-11-17/h3-15H,2H2,1H3. The van der Waals surface area contributed by atoms with Crippen molar-refractivity contribution in [2.24, 2.45) is 4.99 Å². The Hall–Kier alpha value is -2.61. The molecular weight excluding hydrogens is 256 g/mol. The third-order valence-electron chi connectivity index (χ3n) is 3.52. The molecule has 2 nitrogen and oxygen atoms in total. The summed E-state index contributed by atoms with van der Waals surface area (Å²) in [5.74, 6) is 0. The van der Waals surface area contributed by atoms with Crippen LogP contribution in [0.5, 0.6) is 0 Å². The van der Waals surface area contributed by atoms with E-state index in [0.29, 0.717) is 0 Å². The summed E-state index contributed by atoms with van der Waals surface area (Å²) in [4.78, 5) is 4.66. The lowest BCUT2D eigenvalue weighted by molar-refractivity contribution is 1.07. The number of aliphatic imine (C=N–C) groups is 1. The fourth-order valence-electron chi connectivity index (χ4n) is 2.39. The Labute approximate surface area is 125 Å². The predicted octanol–water partition coefficient (Wildman–Crippen LogP) is 4.79. The SMILES string of the molecule is CCc1ccccc1N=Cc1cccn1-c1ccccc1. The Kier molecular flexibility index (Phi) is 3.97. The van der Waals surface area contributed by atoms with Crippen molar-refractivity contribution in [3.63, 3.8) is 0 Å². The monoisotopic (exact) mass is 274 g/mol. The molecule has 0 radical (unpaired) electrons. The highest BCUT2D eigenvalue weighted by molar-refractivity contribution is 5.81. The predicted molar refractivity (Wildman–Crippen MR) is 88.8 cm³/mol. The number of benzene rings is 2. The number of hydrogen-bond donors (Lipinski definition) is 0. The van der Waals surface area contributed by atoms with Crippen LogP contribution in [0, 0.1) is 0 Å². The molecule has 2 heteroatoms. The van der Waals surface area contributed by atoms with E-state index in [9.17, 15) is 0 Å². The summed E-state index contributed by atoms with van der Waals surface area (Å²) in [6.07, 6.45) is 4.98. The topological polar surface area (TPSA) is 17.3 Å². The van der Waals surface area contributed by atoms with Crippen LogP contribution in [0.3, 0.4) is 0 Å². The molecule has 0 spiro atoms. The Morgan fingerprint density at radius 2 is 1.67 bits per heavy atom. The van der Waals surface area contributed by atoms with Crippen LogP contribution in [0.4, 0.5) is 5.69 Å². The van der Waals surface area contributed by atoms with Crippen LogP contribution in [0.2, 0.25) is 0 Å². The zero-order valence-electron chi connectivity index (χ0n) is 12.1. The molecule has 0 saturated heterocycles. The van der Waals surface area contributed by atoms with E-state index >= 15 is 0 Å². The molecule has 3 aromatic rings. The van der Waals surface area contributed by atoms with Gasteiger partial charge in [0.15, 0.2) is 0 Å². The van der Waals surface area contributed by atoms with Crippen molar-refractivity contribution in [2.75, 3.05) is 0 Å². The van der Waals surface area contributed by atoms with Crippen molar-refractivity contribution in [1.29, 1.82) is 0 Å². The van der Waals surface area contributed by atoms with Gasteiger partial charge in [-0.3, -0.25) is 4.99 Å². The van der Waals surface area contributed by atoms with Gasteiger partial charge >= 0.3 is 0 Å². The Morgan fingerprint density at radius 1 is 0.905 bits per heavy atom. The number of para-hydroxylation sites is 2. The second-order valence-electron chi connectivity index (χ2n) is 4.88. The highest BCUT2D eigenvalue weighted by Crippen LogP contribution is 2.19. The fourth-order valence-corrected chi connectivity index (χ4v) is 2.39. The van der Waals surface area contributed by atoms with Crippen LogP contribution >= 0.6 is 0 Å². The highest BCUT2D eigenvalue weighted by atomic mass is 15.0.